The van der Waals surface area contributed by atoms with Crippen molar-refractivity contribution in [2.24, 2.45) is 0 Å². The Morgan fingerprint density at radius 3 is 2.43 bits per heavy atom. The number of hydrogen-bond acceptors (Lipinski definition) is 1. The van der Waals surface area contributed by atoms with Gasteiger partial charge in [-0.3, -0.25) is 4.98 Å². The summed E-state index contributed by atoms with van der Waals surface area (Å²) in [5.41, 5.74) is 7.33. The summed E-state index contributed by atoms with van der Waals surface area (Å²) in [5, 5.41) is 3.50. The summed E-state index contributed by atoms with van der Waals surface area (Å²) in [5.74, 6) is 0. The van der Waals surface area contributed by atoms with E-state index in [0.29, 0.717) is 0 Å². The Morgan fingerprint density at radius 1 is 0.929 bits per heavy atom. The second kappa shape index (κ2) is 8.97. The van der Waals surface area contributed by atoms with E-state index >= 15 is 0 Å². The zero-order valence-electron chi connectivity index (χ0n) is 16.2. The van der Waals surface area contributed by atoms with Crippen molar-refractivity contribution in [3.63, 3.8) is 0 Å². The molecule has 5 aromatic rings. The molecule has 0 spiro atoms. The summed E-state index contributed by atoms with van der Waals surface area (Å²) in [6.07, 6.45) is 3.88. The molecule has 0 saturated heterocycles. The van der Waals surface area contributed by atoms with Crippen molar-refractivity contribution < 1.29 is 52.8 Å². The Balaban J connectivity index is 0.000000934. The number of imidazole rings is 1. The minimum absolute atomic E-state index is 0. The molecule has 0 saturated carbocycles. The molecule has 0 amide bonds. The van der Waals surface area contributed by atoms with E-state index in [9.17, 15) is 0 Å². The molecule has 0 bridgehead atoms. The van der Waals surface area contributed by atoms with Crippen LogP contribution in [0.15, 0.2) is 67.0 Å². The van der Waals surface area contributed by atoms with Crippen molar-refractivity contribution in [1.82, 2.24) is 9.38 Å². The molecule has 140 valence electrons. The predicted octanol–water partition coefficient (Wildman–Crippen LogP) is 6.17. The molecule has 0 N–H and O–H groups in total. The maximum absolute atomic E-state index is 4.54. The van der Waals surface area contributed by atoms with E-state index in [1.807, 2.05) is 24.5 Å². The number of hydrogen-bond donors (Lipinski definition) is 0. The van der Waals surface area contributed by atoms with Gasteiger partial charge in [0, 0.05) is 70.7 Å². The zero-order valence-corrected chi connectivity index (χ0v) is 21.4. The number of nitrogens with zero attached hydrogens (tertiary/aromatic N) is 2. The smallest absolute Gasteiger partial charge is 0.0608 e. The van der Waals surface area contributed by atoms with Crippen LogP contribution in [-0.2, 0) is 52.8 Å². The van der Waals surface area contributed by atoms with Crippen LogP contribution < -0.4 is 0 Å². The van der Waals surface area contributed by atoms with Crippen LogP contribution in [0.25, 0.3) is 38.4 Å². The molecule has 2 heterocycles. The second-order valence-corrected chi connectivity index (χ2v) is 6.58. The van der Waals surface area contributed by atoms with Gasteiger partial charge in [0.05, 0.1) is 5.65 Å². The Morgan fingerprint density at radius 2 is 1.68 bits per heavy atom. The van der Waals surface area contributed by atoms with Crippen molar-refractivity contribution >= 4 is 27.3 Å². The number of pyridine rings is 1. The third kappa shape index (κ3) is 3.50. The van der Waals surface area contributed by atoms with Gasteiger partial charge in [0.25, 0.3) is 0 Å². The van der Waals surface area contributed by atoms with E-state index in [1.54, 1.807) is 0 Å². The summed E-state index contributed by atoms with van der Waals surface area (Å²) in [6, 6.07) is 22.7. The number of aryl methyl sites for hydroxylation is 2. The van der Waals surface area contributed by atoms with Crippen molar-refractivity contribution in [2.75, 3.05) is 0 Å². The molecule has 5 rings (SSSR count). The van der Waals surface area contributed by atoms with E-state index in [1.165, 1.54) is 38.5 Å². The topological polar surface area (TPSA) is 17.3 Å². The first kappa shape index (κ1) is 22.9. The molecule has 0 aliphatic carbocycles. The fourth-order valence-electron chi connectivity index (χ4n) is 3.92. The van der Waals surface area contributed by atoms with Crippen LogP contribution in [-0.4, -0.2) is 9.38 Å². The zero-order chi connectivity index (χ0) is 17.0. The van der Waals surface area contributed by atoms with E-state index in [-0.39, 0.29) is 60.2 Å². The average molecular weight is 618 g/mol. The van der Waals surface area contributed by atoms with Crippen molar-refractivity contribution in [1.29, 1.82) is 0 Å². The van der Waals surface area contributed by atoms with Crippen LogP contribution >= 0.6 is 0 Å². The van der Waals surface area contributed by atoms with Crippen LogP contribution in [0.3, 0.4) is 0 Å². The summed E-state index contributed by atoms with van der Waals surface area (Å²) in [7, 11) is 0. The molecule has 0 atom stereocenters. The SMILES string of the molecule is Cc1cccc(C)c1-c1ccc2c(c1)c1ccc[c-]c1c1nccn21.[CH3-].[Ir].[Y]. The van der Waals surface area contributed by atoms with Gasteiger partial charge in [0.1, 0.15) is 0 Å². The first-order valence-electron chi connectivity index (χ1n) is 8.50. The molecule has 2 nitrogen and oxygen atoms in total. The van der Waals surface area contributed by atoms with Gasteiger partial charge in [-0.1, -0.05) is 35.7 Å². The van der Waals surface area contributed by atoms with Crippen molar-refractivity contribution in [3.8, 4) is 11.1 Å². The van der Waals surface area contributed by atoms with Crippen LogP contribution in [0.1, 0.15) is 11.1 Å². The third-order valence-electron chi connectivity index (χ3n) is 5.04. The van der Waals surface area contributed by atoms with Crippen LogP contribution in [0.5, 0.6) is 0 Å². The van der Waals surface area contributed by atoms with E-state index in [4.69, 9.17) is 0 Å². The van der Waals surface area contributed by atoms with E-state index in [0.717, 1.165) is 11.0 Å². The standard InChI is InChI=1S/C23H17N2.CH3.Ir.Y/c1-15-6-5-7-16(2)22(15)17-10-11-21-20(14-17)18-8-3-4-9-19(18)23-24-12-13-25(21)23;;;/h3-8,10-14H,1-2H3;1H3;;/q2*-1;;. The quantitative estimate of drug-likeness (QED) is 0.163. The molecule has 0 fully saturated rings. The molecule has 3 aromatic carbocycles. The molecular formula is C24H20IrN2Y-2. The Hall–Kier alpha value is -1.38. The van der Waals surface area contributed by atoms with Gasteiger partial charge >= 0.3 is 0 Å². The maximum atomic E-state index is 4.54. The van der Waals surface area contributed by atoms with Gasteiger partial charge in [-0.15, -0.1) is 29.7 Å². The normalized spacial score (nSPS) is 10.4. The summed E-state index contributed by atoms with van der Waals surface area (Å²) in [6.45, 7) is 4.36. The molecule has 28 heavy (non-hydrogen) atoms. The largest absolute Gasteiger partial charge is 0.358 e. The number of benzene rings is 3. The van der Waals surface area contributed by atoms with Gasteiger partial charge in [-0.05, 0) is 47.6 Å². The van der Waals surface area contributed by atoms with Crippen LogP contribution in [0, 0.1) is 27.3 Å². The molecule has 0 aliphatic heterocycles. The second-order valence-electron chi connectivity index (χ2n) is 6.58. The summed E-state index contributed by atoms with van der Waals surface area (Å²) in [4.78, 5) is 4.54. The first-order valence-corrected chi connectivity index (χ1v) is 8.50. The van der Waals surface area contributed by atoms with Gasteiger partial charge in [0.2, 0.25) is 0 Å². The monoisotopic (exact) mass is 618 g/mol. The molecule has 0 unspecified atom stereocenters. The number of rotatable bonds is 1. The Kier molecular flexibility index (Phi) is 7.34. The molecule has 0 aliphatic rings. The van der Waals surface area contributed by atoms with E-state index in [2.05, 4.69) is 71.8 Å². The van der Waals surface area contributed by atoms with Gasteiger partial charge in [-0.25, -0.2) is 0 Å². The number of fused-ring (bicyclic) bond motifs is 6. The molecule has 4 heteroatoms. The van der Waals surface area contributed by atoms with E-state index < -0.39 is 0 Å². The predicted molar refractivity (Wildman–Crippen MR) is 110 cm³/mol. The minimum Gasteiger partial charge on any atom is -0.358 e. The Bertz CT molecular complexity index is 1250. The fraction of sp³-hybridized carbons (Fsp3) is 0.0833. The molecular weight excluding hydrogens is 597 g/mol. The fourth-order valence-corrected chi connectivity index (χ4v) is 3.92. The van der Waals surface area contributed by atoms with Crippen LogP contribution in [0.2, 0.25) is 0 Å². The van der Waals surface area contributed by atoms with Gasteiger partial charge < -0.3 is 11.8 Å². The molecule has 2 aromatic heterocycles. The van der Waals surface area contributed by atoms with Gasteiger partial charge in [-0.2, -0.15) is 0 Å². The summed E-state index contributed by atoms with van der Waals surface area (Å²) < 4.78 is 2.16. The van der Waals surface area contributed by atoms with Crippen molar-refractivity contribution in [3.05, 3.63) is 91.6 Å². The third-order valence-corrected chi connectivity index (χ3v) is 5.04. The number of aromatic nitrogens is 2. The first-order chi connectivity index (χ1) is 12.2. The van der Waals surface area contributed by atoms with Crippen LogP contribution in [0.4, 0.5) is 0 Å². The summed E-state index contributed by atoms with van der Waals surface area (Å²) >= 11 is 0. The van der Waals surface area contributed by atoms with Gasteiger partial charge in [0.15, 0.2) is 0 Å². The Labute approximate surface area is 204 Å². The minimum atomic E-state index is 0. The van der Waals surface area contributed by atoms with Crippen molar-refractivity contribution in [2.45, 2.75) is 13.8 Å². The molecule has 2 radical (unpaired) electrons. The average Bonchev–Trinajstić information content (AvgIpc) is 3.12. The maximum Gasteiger partial charge on any atom is 0.0608 e.